The number of hydrogen-bond donors (Lipinski definition) is 1. The first-order chi connectivity index (χ1) is 11.7. The molecular formula is C15H10FN7O. The number of nitrogens with two attached hydrogens (primary N) is 1. The highest BCUT2D eigenvalue weighted by Crippen LogP contribution is 2.26. The van der Waals surface area contributed by atoms with Crippen LogP contribution in [0.3, 0.4) is 0 Å². The zero-order chi connectivity index (χ0) is 16.5. The average molecular weight is 323 g/mol. The van der Waals surface area contributed by atoms with Gasteiger partial charge >= 0.3 is 0 Å². The van der Waals surface area contributed by atoms with Crippen LogP contribution in [0, 0.1) is 5.82 Å². The summed E-state index contributed by atoms with van der Waals surface area (Å²) in [7, 11) is 0. The van der Waals surface area contributed by atoms with Crippen molar-refractivity contribution in [3.05, 3.63) is 54.6 Å². The smallest absolute Gasteiger partial charge is 0.282 e. The highest BCUT2D eigenvalue weighted by atomic mass is 19.1. The second kappa shape index (κ2) is 5.54. The van der Waals surface area contributed by atoms with E-state index in [1.54, 1.807) is 36.7 Å². The molecule has 0 aliphatic carbocycles. The van der Waals surface area contributed by atoms with E-state index in [9.17, 15) is 4.39 Å². The first-order valence-electron chi connectivity index (χ1n) is 6.94. The summed E-state index contributed by atoms with van der Waals surface area (Å²) in [6.07, 6.45) is 3.25. The highest BCUT2D eigenvalue weighted by molar-refractivity contribution is 5.66. The van der Waals surface area contributed by atoms with Crippen LogP contribution in [-0.2, 0) is 0 Å². The monoisotopic (exact) mass is 323 g/mol. The van der Waals surface area contributed by atoms with E-state index in [1.807, 2.05) is 0 Å². The lowest BCUT2D eigenvalue weighted by Crippen LogP contribution is -2.02. The first-order valence-corrected chi connectivity index (χ1v) is 6.94. The van der Waals surface area contributed by atoms with Crippen molar-refractivity contribution in [2.75, 3.05) is 5.73 Å². The fraction of sp³-hybridized carbons (Fsp3) is 0. The summed E-state index contributed by atoms with van der Waals surface area (Å²) in [6, 6.07) is 9.35. The van der Waals surface area contributed by atoms with Gasteiger partial charge in [0.2, 0.25) is 5.82 Å². The van der Waals surface area contributed by atoms with Gasteiger partial charge in [-0.05, 0) is 30.3 Å². The van der Waals surface area contributed by atoms with Crippen LogP contribution in [0.4, 0.5) is 10.2 Å². The summed E-state index contributed by atoms with van der Waals surface area (Å²) in [5, 5.41) is 11.8. The Hall–Kier alpha value is -3.62. The van der Waals surface area contributed by atoms with Gasteiger partial charge in [0, 0.05) is 18.0 Å². The zero-order valence-electron chi connectivity index (χ0n) is 12.2. The third kappa shape index (κ3) is 2.37. The molecule has 0 atom stereocenters. The number of nitrogens with zero attached hydrogens (tertiary/aromatic N) is 6. The van der Waals surface area contributed by atoms with Gasteiger partial charge in [0.05, 0.1) is 5.69 Å². The fourth-order valence-corrected chi connectivity index (χ4v) is 2.18. The molecule has 0 radical (unpaired) electrons. The van der Waals surface area contributed by atoms with Crippen molar-refractivity contribution in [1.82, 2.24) is 30.1 Å². The maximum Gasteiger partial charge on any atom is 0.282 e. The standard InChI is InChI=1S/C15H10FN7O/c16-10-2-1-3-11(8-10)23-13(17)12(20-22-23)15-19-14(21-24-15)9-4-6-18-7-5-9/h1-8H,17H2. The third-order valence-corrected chi connectivity index (χ3v) is 3.32. The van der Waals surface area contributed by atoms with Gasteiger partial charge in [-0.15, -0.1) is 5.10 Å². The van der Waals surface area contributed by atoms with Crippen molar-refractivity contribution in [1.29, 1.82) is 0 Å². The van der Waals surface area contributed by atoms with E-state index >= 15 is 0 Å². The number of hydrogen-bond acceptors (Lipinski definition) is 7. The average Bonchev–Trinajstić information content (AvgIpc) is 3.22. The van der Waals surface area contributed by atoms with Crippen molar-refractivity contribution >= 4 is 5.82 Å². The molecule has 0 saturated heterocycles. The normalized spacial score (nSPS) is 10.9. The molecule has 0 aliphatic rings. The van der Waals surface area contributed by atoms with Crippen LogP contribution < -0.4 is 5.73 Å². The molecule has 4 aromatic rings. The second-order valence-corrected chi connectivity index (χ2v) is 4.87. The second-order valence-electron chi connectivity index (χ2n) is 4.87. The summed E-state index contributed by atoms with van der Waals surface area (Å²) in [4.78, 5) is 8.19. The summed E-state index contributed by atoms with van der Waals surface area (Å²) in [5.41, 5.74) is 7.46. The Bertz CT molecular complexity index is 996. The molecule has 8 nitrogen and oxygen atoms in total. The van der Waals surface area contributed by atoms with E-state index < -0.39 is 5.82 Å². The van der Waals surface area contributed by atoms with Gasteiger partial charge in [-0.3, -0.25) is 4.98 Å². The van der Waals surface area contributed by atoms with Gasteiger partial charge in [0.1, 0.15) is 5.82 Å². The minimum atomic E-state index is -0.401. The molecule has 9 heteroatoms. The van der Waals surface area contributed by atoms with E-state index in [0.717, 1.165) is 5.56 Å². The summed E-state index contributed by atoms with van der Waals surface area (Å²) >= 11 is 0. The summed E-state index contributed by atoms with van der Waals surface area (Å²) < 4.78 is 19.9. The number of anilines is 1. The van der Waals surface area contributed by atoms with Crippen molar-refractivity contribution < 1.29 is 8.91 Å². The van der Waals surface area contributed by atoms with Gasteiger partial charge in [0.25, 0.3) is 5.89 Å². The zero-order valence-corrected chi connectivity index (χ0v) is 12.2. The minimum Gasteiger partial charge on any atom is -0.382 e. The van der Waals surface area contributed by atoms with Gasteiger partial charge in [-0.25, -0.2) is 4.39 Å². The highest BCUT2D eigenvalue weighted by Gasteiger charge is 2.19. The summed E-state index contributed by atoms with van der Waals surface area (Å²) in [5.74, 6) is 0.279. The van der Waals surface area contributed by atoms with E-state index in [0.29, 0.717) is 11.5 Å². The SMILES string of the molecule is Nc1c(-c2nc(-c3ccncc3)no2)nnn1-c1cccc(F)c1. The molecule has 0 saturated carbocycles. The third-order valence-electron chi connectivity index (χ3n) is 3.32. The van der Waals surface area contributed by atoms with Crippen molar-refractivity contribution in [2.45, 2.75) is 0 Å². The lowest BCUT2D eigenvalue weighted by Gasteiger charge is -2.02. The predicted molar refractivity (Wildman–Crippen MR) is 82.3 cm³/mol. The minimum absolute atomic E-state index is 0.127. The van der Waals surface area contributed by atoms with Gasteiger partial charge in [-0.2, -0.15) is 9.67 Å². The van der Waals surface area contributed by atoms with Crippen molar-refractivity contribution in [3.8, 4) is 28.7 Å². The molecule has 3 heterocycles. The van der Waals surface area contributed by atoms with Crippen LogP contribution >= 0.6 is 0 Å². The molecule has 0 amide bonds. The van der Waals surface area contributed by atoms with Gasteiger partial charge in [-0.1, -0.05) is 16.4 Å². The lowest BCUT2D eigenvalue weighted by atomic mass is 10.2. The molecule has 3 aromatic heterocycles. The molecule has 4 rings (SSSR count). The quantitative estimate of drug-likeness (QED) is 0.615. The Kier molecular flexibility index (Phi) is 3.23. The Balaban J connectivity index is 1.73. The molecule has 2 N–H and O–H groups in total. The van der Waals surface area contributed by atoms with Crippen LogP contribution in [0.15, 0.2) is 53.3 Å². The maximum atomic E-state index is 13.4. The van der Waals surface area contributed by atoms with E-state index in [1.165, 1.54) is 16.8 Å². The Labute approximate surface area is 134 Å². The predicted octanol–water partition coefficient (Wildman–Crippen LogP) is 2.10. The van der Waals surface area contributed by atoms with Crippen LogP contribution in [0.2, 0.25) is 0 Å². The summed E-state index contributed by atoms with van der Waals surface area (Å²) in [6.45, 7) is 0. The number of aromatic nitrogens is 6. The topological polar surface area (TPSA) is 109 Å². The molecule has 0 unspecified atom stereocenters. The number of rotatable bonds is 3. The Morgan fingerprint density at radius 3 is 2.75 bits per heavy atom. The van der Waals surface area contributed by atoms with Crippen molar-refractivity contribution in [2.24, 2.45) is 0 Å². The molecule has 118 valence electrons. The largest absolute Gasteiger partial charge is 0.382 e. The van der Waals surface area contributed by atoms with Crippen LogP contribution in [0.25, 0.3) is 28.7 Å². The molecule has 24 heavy (non-hydrogen) atoms. The number of pyridine rings is 1. The number of halogens is 1. The van der Waals surface area contributed by atoms with Gasteiger partial charge in [0.15, 0.2) is 11.5 Å². The Morgan fingerprint density at radius 2 is 1.96 bits per heavy atom. The maximum absolute atomic E-state index is 13.4. The van der Waals surface area contributed by atoms with Crippen LogP contribution in [0.5, 0.6) is 0 Å². The van der Waals surface area contributed by atoms with Crippen LogP contribution in [0.1, 0.15) is 0 Å². The van der Waals surface area contributed by atoms with Crippen molar-refractivity contribution in [3.63, 3.8) is 0 Å². The molecule has 0 bridgehead atoms. The molecule has 0 spiro atoms. The first kappa shape index (κ1) is 14.0. The fourth-order valence-electron chi connectivity index (χ4n) is 2.18. The molecular weight excluding hydrogens is 313 g/mol. The molecule has 0 aliphatic heterocycles. The van der Waals surface area contributed by atoms with E-state index in [2.05, 4.69) is 25.4 Å². The van der Waals surface area contributed by atoms with Crippen LogP contribution in [-0.4, -0.2) is 30.1 Å². The number of benzene rings is 1. The van der Waals surface area contributed by atoms with Gasteiger partial charge < -0.3 is 10.3 Å². The molecule has 1 aromatic carbocycles. The lowest BCUT2D eigenvalue weighted by molar-refractivity contribution is 0.431. The van der Waals surface area contributed by atoms with E-state index in [4.69, 9.17) is 10.3 Å². The van der Waals surface area contributed by atoms with E-state index in [-0.39, 0.29) is 17.4 Å². The Morgan fingerprint density at radius 1 is 1.12 bits per heavy atom. The molecule has 0 fully saturated rings. The number of nitrogen functional groups attached to an aromatic ring is 1.